The van der Waals surface area contributed by atoms with E-state index in [1.807, 2.05) is 56.3 Å². The lowest BCUT2D eigenvalue weighted by molar-refractivity contribution is 0.102. The van der Waals surface area contributed by atoms with E-state index >= 15 is 0 Å². The first-order valence-corrected chi connectivity index (χ1v) is 9.34. The molecule has 0 radical (unpaired) electrons. The van der Waals surface area contributed by atoms with Crippen molar-refractivity contribution in [1.29, 1.82) is 0 Å². The number of carbonyl (C=O) groups excluding carboxylic acids is 1. The minimum atomic E-state index is -0.308. The number of pyridine rings is 1. The zero-order valence-electron chi connectivity index (χ0n) is 16.5. The lowest BCUT2D eigenvalue weighted by atomic mass is 10.1. The van der Waals surface area contributed by atoms with Gasteiger partial charge in [0, 0.05) is 23.3 Å². The first-order chi connectivity index (χ1) is 14.0. The minimum absolute atomic E-state index is 0.289. The molecule has 1 amide bonds. The summed E-state index contributed by atoms with van der Waals surface area (Å²) in [5, 5.41) is 7.15. The largest absolute Gasteiger partial charge is 0.340 e. The van der Waals surface area contributed by atoms with Gasteiger partial charge in [-0.1, -0.05) is 24.3 Å². The molecule has 0 aliphatic carbocycles. The van der Waals surface area contributed by atoms with E-state index < -0.39 is 0 Å². The van der Waals surface area contributed by atoms with Crippen LogP contribution in [0.15, 0.2) is 60.8 Å². The lowest BCUT2D eigenvalue weighted by Crippen LogP contribution is -2.15. The van der Waals surface area contributed by atoms with Gasteiger partial charge in [-0.3, -0.25) is 9.78 Å². The number of nitrogens with one attached hydrogen (secondary N) is 2. The lowest BCUT2D eigenvalue weighted by Gasteiger charge is -2.11. The molecule has 0 spiro atoms. The molecule has 6 heteroatoms. The maximum absolute atomic E-state index is 12.9. The summed E-state index contributed by atoms with van der Waals surface area (Å²) in [6, 6.07) is 17.3. The van der Waals surface area contributed by atoms with Crippen molar-refractivity contribution < 1.29 is 4.79 Å². The van der Waals surface area contributed by atoms with Crippen LogP contribution >= 0.6 is 0 Å². The van der Waals surface area contributed by atoms with Gasteiger partial charge in [-0.05, 0) is 56.2 Å². The maximum Gasteiger partial charge on any atom is 0.274 e. The van der Waals surface area contributed by atoms with Crippen molar-refractivity contribution in [2.24, 2.45) is 0 Å². The second-order valence-corrected chi connectivity index (χ2v) is 7.02. The summed E-state index contributed by atoms with van der Waals surface area (Å²) in [7, 11) is 0. The molecule has 2 aromatic carbocycles. The van der Waals surface area contributed by atoms with Crippen LogP contribution in [0.1, 0.15) is 27.4 Å². The number of rotatable bonds is 4. The van der Waals surface area contributed by atoms with Crippen molar-refractivity contribution in [1.82, 2.24) is 15.0 Å². The van der Waals surface area contributed by atoms with Gasteiger partial charge >= 0.3 is 0 Å². The van der Waals surface area contributed by atoms with Gasteiger partial charge in [0.25, 0.3) is 5.91 Å². The first-order valence-electron chi connectivity index (χ1n) is 9.34. The van der Waals surface area contributed by atoms with Gasteiger partial charge in [0.05, 0.1) is 11.2 Å². The number of carbonyl (C=O) groups is 1. The van der Waals surface area contributed by atoms with Crippen LogP contribution in [0.5, 0.6) is 0 Å². The number of hydrogen-bond donors (Lipinski definition) is 2. The number of aryl methyl sites for hydroxylation is 3. The minimum Gasteiger partial charge on any atom is -0.340 e. The van der Waals surface area contributed by atoms with Crippen LogP contribution in [-0.2, 0) is 0 Å². The van der Waals surface area contributed by atoms with Gasteiger partial charge in [0.1, 0.15) is 17.3 Å². The maximum atomic E-state index is 12.9. The average Bonchev–Trinajstić information content (AvgIpc) is 2.67. The van der Waals surface area contributed by atoms with Gasteiger partial charge in [0.2, 0.25) is 0 Å². The molecule has 0 saturated heterocycles. The molecule has 4 aromatic rings. The number of amides is 1. The van der Waals surface area contributed by atoms with Gasteiger partial charge < -0.3 is 10.6 Å². The van der Waals surface area contributed by atoms with Crippen molar-refractivity contribution in [2.45, 2.75) is 20.8 Å². The summed E-state index contributed by atoms with van der Waals surface area (Å²) in [6.07, 6.45) is 1.71. The Bertz CT molecular complexity index is 1190. The highest BCUT2D eigenvalue weighted by Crippen LogP contribution is 2.22. The molecule has 4 rings (SSSR count). The zero-order chi connectivity index (χ0) is 20.4. The van der Waals surface area contributed by atoms with Crippen LogP contribution in [0, 0.1) is 20.8 Å². The molecule has 0 aliphatic heterocycles. The Kier molecular flexibility index (Phi) is 4.91. The molecule has 2 aromatic heterocycles. The van der Waals surface area contributed by atoms with Crippen LogP contribution in [0.25, 0.3) is 10.9 Å². The van der Waals surface area contributed by atoms with Gasteiger partial charge in [-0.15, -0.1) is 0 Å². The highest BCUT2D eigenvalue weighted by atomic mass is 16.1. The van der Waals surface area contributed by atoms with E-state index in [2.05, 4.69) is 31.7 Å². The van der Waals surface area contributed by atoms with Crippen LogP contribution in [0.2, 0.25) is 0 Å². The number of para-hydroxylation sites is 1. The highest BCUT2D eigenvalue weighted by molar-refractivity contribution is 6.07. The van der Waals surface area contributed by atoms with Crippen molar-refractivity contribution in [3.63, 3.8) is 0 Å². The third-order valence-electron chi connectivity index (χ3n) is 4.45. The molecule has 0 saturated carbocycles. The van der Waals surface area contributed by atoms with Crippen LogP contribution in [-0.4, -0.2) is 20.9 Å². The molecule has 0 atom stereocenters. The van der Waals surface area contributed by atoms with Crippen LogP contribution < -0.4 is 10.6 Å². The molecule has 6 nitrogen and oxygen atoms in total. The van der Waals surface area contributed by atoms with Crippen molar-refractivity contribution in [3.8, 4) is 0 Å². The van der Waals surface area contributed by atoms with E-state index in [4.69, 9.17) is 0 Å². The topological polar surface area (TPSA) is 79.8 Å². The van der Waals surface area contributed by atoms with E-state index in [-0.39, 0.29) is 11.6 Å². The smallest absolute Gasteiger partial charge is 0.274 e. The quantitative estimate of drug-likeness (QED) is 0.521. The summed E-state index contributed by atoms with van der Waals surface area (Å²) in [6.45, 7) is 5.85. The number of nitrogens with zero attached hydrogens (tertiary/aromatic N) is 3. The van der Waals surface area contributed by atoms with Gasteiger partial charge in [0.15, 0.2) is 0 Å². The molecule has 2 heterocycles. The van der Waals surface area contributed by atoms with E-state index in [0.717, 1.165) is 27.7 Å². The third-order valence-corrected chi connectivity index (χ3v) is 4.45. The average molecular weight is 383 g/mol. The van der Waals surface area contributed by atoms with E-state index in [1.165, 1.54) is 0 Å². The molecule has 144 valence electrons. The Morgan fingerprint density at radius 3 is 2.45 bits per heavy atom. The Labute approximate surface area is 169 Å². The SMILES string of the molecule is Cc1cc(C)cc(Nc2cc(C(=O)Nc3cccc4cccnc34)nc(C)n2)c1. The number of aromatic nitrogens is 3. The summed E-state index contributed by atoms with van der Waals surface area (Å²) >= 11 is 0. The number of anilines is 3. The molecule has 0 aliphatic rings. The number of hydrogen-bond acceptors (Lipinski definition) is 5. The summed E-state index contributed by atoms with van der Waals surface area (Å²) in [4.78, 5) is 26.0. The fraction of sp³-hybridized carbons (Fsp3) is 0.130. The van der Waals surface area contributed by atoms with Crippen molar-refractivity contribution >= 4 is 34.0 Å². The Morgan fingerprint density at radius 1 is 0.897 bits per heavy atom. The standard InChI is InChI=1S/C23H21N5O/c1-14-10-15(2)12-18(11-14)27-21-13-20(25-16(3)26-21)23(29)28-19-8-4-6-17-7-5-9-24-22(17)19/h4-13H,1-3H3,(H,28,29)(H,25,26,27). The van der Waals surface area contributed by atoms with Gasteiger partial charge in [-0.2, -0.15) is 0 Å². The van der Waals surface area contributed by atoms with E-state index in [1.54, 1.807) is 19.2 Å². The van der Waals surface area contributed by atoms with E-state index in [9.17, 15) is 4.79 Å². The Hall–Kier alpha value is -3.80. The van der Waals surface area contributed by atoms with Crippen molar-refractivity contribution in [2.75, 3.05) is 10.6 Å². The molecular weight excluding hydrogens is 362 g/mol. The van der Waals surface area contributed by atoms with Crippen LogP contribution in [0.3, 0.4) is 0 Å². The fourth-order valence-corrected chi connectivity index (χ4v) is 3.33. The molecular formula is C23H21N5O. The predicted octanol–water partition coefficient (Wildman–Crippen LogP) is 4.95. The molecule has 0 fully saturated rings. The number of fused-ring (bicyclic) bond motifs is 1. The van der Waals surface area contributed by atoms with Crippen molar-refractivity contribution in [3.05, 3.63) is 83.4 Å². The molecule has 0 bridgehead atoms. The predicted molar refractivity (Wildman–Crippen MR) is 116 cm³/mol. The Balaban J connectivity index is 1.62. The highest BCUT2D eigenvalue weighted by Gasteiger charge is 2.13. The van der Waals surface area contributed by atoms with Crippen LogP contribution in [0.4, 0.5) is 17.2 Å². The second-order valence-electron chi connectivity index (χ2n) is 7.02. The molecule has 2 N–H and O–H groups in total. The molecule has 0 unspecified atom stereocenters. The zero-order valence-corrected chi connectivity index (χ0v) is 16.5. The Morgan fingerprint density at radius 2 is 1.66 bits per heavy atom. The summed E-state index contributed by atoms with van der Waals surface area (Å²) in [5.41, 5.74) is 4.90. The normalized spacial score (nSPS) is 10.7. The first kappa shape index (κ1) is 18.6. The third kappa shape index (κ3) is 4.21. The van der Waals surface area contributed by atoms with Gasteiger partial charge in [-0.25, -0.2) is 9.97 Å². The fourth-order valence-electron chi connectivity index (χ4n) is 3.33. The summed E-state index contributed by atoms with van der Waals surface area (Å²) in [5.74, 6) is 0.779. The monoisotopic (exact) mass is 383 g/mol. The molecule has 29 heavy (non-hydrogen) atoms. The second kappa shape index (κ2) is 7.67. The van der Waals surface area contributed by atoms with E-state index in [0.29, 0.717) is 17.3 Å². The number of benzene rings is 2. The summed E-state index contributed by atoms with van der Waals surface area (Å²) < 4.78 is 0.